The molecule has 1 rings (SSSR count). The van der Waals surface area contributed by atoms with Crippen molar-refractivity contribution in [2.45, 2.75) is 20.3 Å². The van der Waals surface area contributed by atoms with Crippen molar-refractivity contribution >= 4 is 17.7 Å². The van der Waals surface area contributed by atoms with Gasteiger partial charge in [0.25, 0.3) is 0 Å². The summed E-state index contributed by atoms with van der Waals surface area (Å²) in [4.78, 5) is 12.0. The first kappa shape index (κ1) is 11.1. The van der Waals surface area contributed by atoms with Gasteiger partial charge in [-0.3, -0.25) is 4.79 Å². The highest BCUT2D eigenvalue weighted by Crippen LogP contribution is 2.33. The van der Waals surface area contributed by atoms with Gasteiger partial charge in [-0.2, -0.15) is 0 Å². The highest BCUT2D eigenvalue weighted by Gasteiger charge is 2.28. The van der Waals surface area contributed by atoms with Crippen molar-refractivity contribution in [3.63, 3.8) is 0 Å². The first-order valence-electron chi connectivity index (χ1n) is 4.45. The van der Waals surface area contributed by atoms with E-state index in [-0.39, 0.29) is 0 Å². The van der Waals surface area contributed by atoms with Gasteiger partial charge in [0.15, 0.2) is 0 Å². The second-order valence-electron chi connectivity index (χ2n) is 3.83. The Morgan fingerprint density at radius 2 is 2.14 bits per heavy atom. The normalized spacial score (nSPS) is 16.3. The quantitative estimate of drug-likeness (QED) is 0.777. The molecule has 0 aromatic carbocycles. The van der Waals surface area contributed by atoms with Crippen molar-refractivity contribution in [1.29, 1.82) is 0 Å². The van der Waals surface area contributed by atoms with Crippen LogP contribution in [0.15, 0.2) is 34.6 Å². The number of hydrogen-bond donors (Lipinski definition) is 1. The van der Waals surface area contributed by atoms with E-state index in [1.807, 2.05) is 29.7 Å². The maximum atomic E-state index is 10.9. The molecule has 2 nitrogen and oxygen atoms in total. The van der Waals surface area contributed by atoms with Gasteiger partial charge in [-0.15, -0.1) is 11.8 Å². The predicted molar refractivity (Wildman–Crippen MR) is 60.0 cm³/mol. The van der Waals surface area contributed by atoms with Crippen LogP contribution in [0.5, 0.6) is 0 Å². The maximum Gasteiger partial charge on any atom is 0.309 e. The SMILES string of the molecule is CC(C)(CC1=CC=CC=CS1)C(=O)O. The summed E-state index contributed by atoms with van der Waals surface area (Å²) in [6, 6.07) is 0. The molecule has 0 atom stereocenters. The fourth-order valence-electron chi connectivity index (χ4n) is 1.05. The van der Waals surface area contributed by atoms with Crippen molar-refractivity contribution in [3.8, 4) is 0 Å². The molecule has 0 aliphatic carbocycles. The highest BCUT2D eigenvalue weighted by molar-refractivity contribution is 8.05. The van der Waals surface area contributed by atoms with Gasteiger partial charge in [-0.05, 0) is 30.6 Å². The first-order valence-corrected chi connectivity index (χ1v) is 5.33. The first-order chi connectivity index (χ1) is 6.52. The third-order valence-electron chi connectivity index (χ3n) is 2.00. The van der Waals surface area contributed by atoms with Crippen LogP contribution in [-0.2, 0) is 4.79 Å². The van der Waals surface area contributed by atoms with E-state index in [0.29, 0.717) is 6.42 Å². The summed E-state index contributed by atoms with van der Waals surface area (Å²) < 4.78 is 0. The molecule has 1 heterocycles. The van der Waals surface area contributed by atoms with Crippen LogP contribution < -0.4 is 0 Å². The lowest BCUT2D eigenvalue weighted by Gasteiger charge is -2.19. The molecule has 0 saturated heterocycles. The summed E-state index contributed by atoms with van der Waals surface area (Å²) in [5.74, 6) is -0.754. The van der Waals surface area contributed by atoms with Crippen molar-refractivity contribution in [3.05, 3.63) is 34.6 Å². The van der Waals surface area contributed by atoms with E-state index in [1.54, 1.807) is 25.6 Å². The zero-order valence-corrected chi connectivity index (χ0v) is 9.17. The second-order valence-corrected chi connectivity index (χ2v) is 4.86. The zero-order chi connectivity index (χ0) is 10.6. The topological polar surface area (TPSA) is 37.3 Å². The van der Waals surface area contributed by atoms with Crippen LogP contribution >= 0.6 is 11.8 Å². The Labute approximate surface area is 88.4 Å². The molecular formula is C11H14O2S. The standard InChI is InChI=1S/C11H14O2S/c1-11(2,10(12)13)8-9-6-4-3-5-7-14-9/h3-7H,8H2,1-2H3,(H,12,13). The minimum absolute atomic E-state index is 0.571. The number of carbonyl (C=O) groups is 1. The fraction of sp³-hybridized carbons (Fsp3) is 0.364. The van der Waals surface area contributed by atoms with Crippen molar-refractivity contribution in [2.24, 2.45) is 5.41 Å². The van der Waals surface area contributed by atoms with Gasteiger partial charge in [0.1, 0.15) is 0 Å². The Hall–Kier alpha value is -0.960. The molecule has 3 heteroatoms. The summed E-state index contributed by atoms with van der Waals surface area (Å²) >= 11 is 1.58. The molecule has 0 unspecified atom stereocenters. The molecule has 0 amide bonds. The second kappa shape index (κ2) is 4.51. The van der Waals surface area contributed by atoms with E-state index < -0.39 is 11.4 Å². The number of allylic oxidation sites excluding steroid dienone is 5. The van der Waals surface area contributed by atoms with Gasteiger partial charge < -0.3 is 5.11 Å². The smallest absolute Gasteiger partial charge is 0.309 e. The number of carboxylic acids is 1. The van der Waals surface area contributed by atoms with Gasteiger partial charge in [0.05, 0.1) is 5.41 Å². The molecule has 0 aromatic rings. The van der Waals surface area contributed by atoms with Crippen LogP contribution in [0.25, 0.3) is 0 Å². The van der Waals surface area contributed by atoms with Crippen molar-refractivity contribution < 1.29 is 9.90 Å². The van der Waals surface area contributed by atoms with Crippen LogP contribution in [0, 0.1) is 5.41 Å². The number of hydrogen-bond acceptors (Lipinski definition) is 2. The predicted octanol–water partition coefficient (Wildman–Crippen LogP) is 3.19. The molecule has 0 radical (unpaired) electrons. The lowest BCUT2D eigenvalue weighted by molar-refractivity contribution is -0.146. The summed E-state index contributed by atoms with van der Waals surface area (Å²) in [5, 5.41) is 10.9. The number of thioether (sulfide) groups is 1. The molecular weight excluding hydrogens is 196 g/mol. The van der Waals surface area contributed by atoms with Crippen LogP contribution in [-0.4, -0.2) is 11.1 Å². The molecule has 0 saturated carbocycles. The highest BCUT2D eigenvalue weighted by atomic mass is 32.2. The van der Waals surface area contributed by atoms with Gasteiger partial charge in [0.2, 0.25) is 0 Å². The average molecular weight is 210 g/mol. The molecule has 76 valence electrons. The number of rotatable bonds is 3. The molecule has 1 aliphatic rings. The van der Waals surface area contributed by atoms with Gasteiger partial charge in [-0.1, -0.05) is 24.3 Å². The summed E-state index contributed by atoms with van der Waals surface area (Å²) in [6.07, 6.45) is 8.36. The Morgan fingerprint density at radius 3 is 2.79 bits per heavy atom. The van der Waals surface area contributed by atoms with E-state index in [1.165, 1.54) is 0 Å². The Balaban J connectivity index is 2.69. The van der Waals surface area contributed by atoms with Crippen LogP contribution in [0.1, 0.15) is 20.3 Å². The number of aliphatic carboxylic acids is 1. The zero-order valence-electron chi connectivity index (χ0n) is 8.36. The summed E-state index contributed by atoms with van der Waals surface area (Å²) in [5.41, 5.74) is -0.690. The molecule has 1 aliphatic heterocycles. The van der Waals surface area contributed by atoms with Crippen LogP contribution in [0.2, 0.25) is 0 Å². The molecule has 1 N–H and O–H groups in total. The van der Waals surface area contributed by atoms with Crippen molar-refractivity contribution in [1.82, 2.24) is 0 Å². The van der Waals surface area contributed by atoms with Crippen LogP contribution in [0.4, 0.5) is 0 Å². The maximum absolute atomic E-state index is 10.9. The lowest BCUT2D eigenvalue weighted by atomic mass is 9.89. The Bertz CT molecular complexity index is 311. The summed E-state index contributed by atoms with van der Waals surface area (Å²) in [6.45, 7) is 3.49. The Kier molecular flexibility index (Phi) is 3.58. The third-order valence-corrected chi connectivity index (χ3v) is 2.87. The molecule has 0 bridgehead atoms. The largest absolute Gasteiger partial charge is 0.481 e. The fourth-order valence-corrected chi connectivity index (χ4v) is 2.00. The third kappa shape index (κ3) is 3.07. The Morgan fingerprint density at radius 1 is 1.43 bits per heavy atom. The molecule has 0 spiro atoms. The molecule has 0 fully saturated rings. The van der Waals surface area contributed by atoms with E-state index >= 15 is 0 Å². The van der Waals surface area contributed by atoms with Gasteiger partial charge in [-0.25, -0.2) is 0 Å². The summed E-state index contributed by atoms with van der Waals surface area (Å²) in [7, 11) is 0. The molecule has 0 aromatic heterocycles. The van der Waals surface area contributed by atoms with E-state index in [9.17, 15) is 4.79 Å². The van der Waals surface area contributed by atoms with E-state index in [4.69, 9.17) is 5.11 Å². The minimum atomic E-state index is -0.754. The minimum Gasteiger partial charge on any atom is -0.481 e. The van der Waals surface area contributed by atoms with Crippen LogP contribution in [0.3, 0.4) is 0 Å². The van der Waals surface area contributed by atoms with Gasteiger partial charge >= 0.3 is 5.97 Å². The van der Waals surface area contributed by atoms with E-state index in [2.05, 4.69) is 0 Å². The van der Waals surface area contributed by atoms with E-state index in [0.717, 1.165) is 4.91 Å². The van der Waals surface area contributed by atoms with Gasteiger partial charge in [0, 0.05) is 0 Å². The average Bonchev–Trinajstić information content (AvgIpc) is 2.32. The molecule has 14 heavy (non-hydrogen) atoms. The monoisotopic (exact) mass is 210 g/mol. The number of carboxylic acid groups (broad SMARTS) is 1. The lowest BCUT2D eigenvalue weighted by Crippen LogP contribution is -2.23. The van der Waals surface area contributed by atoms with Crippen molar-refractivity contribution in [2.75, 3.05) is 0 Å².